The van der Waals surface area contributed by atoms with Gasteiger partial charge in [0.1, 0.15) is 5.75 Å². The molecule has 0 aliphatic carbocycles. The zero-order chi connectivity index (χ0) is 14.1. The van der Waals surface area contributed by atoms with Crippen molar-refractivity contribution in [2.75, 3.05) is 0 Å². The van der Waals surface area contributed by atoms with E-state index in [2.05, 4.69) is 81.8 Å². The van der Waals surface area contributed by atoms with Crippen LogP contribution >= 0.6 is 15.9 Å². The Balaban J connectivity index is 3.00. The van der Waals surface area contributed by atoms with E-state index in [9.17, 15) is 0 Å². The Hall–Kier alpha value is -0.283. The summed E-state index contributed by atoms with van der Waals surface area (Å²) in [6.45, 7) is 15.7. The molecule has 3 heteroatoms. The molecular formula is C15H25BrOSi. The summed E-state index contributed by atoms with van der Waals surface area (Å²) < 4.78 is 7.39. The van der Waals surface area contributed by atoms with Crippen LogP contribution < -0.4 is 4.43 Å². The summed E-state index contributed by atoms with van der Waals surface area (Å²) in [4.78, 5) is 0. The molecule has 0 heterocycles. The van der Waals surface area contributed by atoms with Gasteiger partial charge in [-0.3, -0.25) is 0 Å². The lowest BCUT2D eigenvalue weighted by Crippen LogP contribution is -2.43. The van der Waals surface area contributed by atoms with Gasteiger partial charge in [0.15, 0.2) is 0 Å². The first-order valence-electron chi connectivity index (χ1n) is 6.53. The van der Waals surface area contributed by atoms with Gasteiger partial charge in [0.25, 0.3) is 8.32 Å². The van der Waals surface area contributed by atoms with Gasteiger partial charge in [-0.25, -0.2) is 0 Å². The molecule has 1 aromatic rings. The van der Waals surface area contributed by atoms with Gasteiger partial charge < -0.3 is 4.43 Å². The normalized spacial score (nSPS) is 12.9. The van der Waals surface area contributed by atoms with E-state index in [-0.39, 0.29) is 5.04 Å². The minimum Gasteiger partial charge on any atom is -0.543 e. The van der Waals surface area contributed by atoms with Crippen LogP contribution in [0.5, 0.6) is 5.75 Å². The molecule has 0 saturated heterocycles. The van der Waals surface area contributed by atoms with Crippen LogP contribution in [0.2, 0.25) is 18.1 Å². The Labute approximate surface area is 121 Å². The van der Waals surface area contributed by atoms with Gasteiger partial charge in [-0.15, -0.1) is 0 Å². The van der Waals surface area contributed by atoms with Crippen LogP contribution in [0.3, 0.4) is 0 Å². The smallest absolute Gasteiger partial charge is 0.250 e. The fourth-order valence-electron chi connectivity index (χ4n) is 1.39. The van der Waals surface area contributed by atoms with Gasteiger partial charge in [-0.05, 0) is 57.7 Å². The third-order valence-corrected chi connectivity index (χ3v) is 8.76. The molecule has 1 rings (SSSR count). The van der Waals surface area contributed by atoms with E-state index < -0.39 is 8.32 Å². The first-order chi connectivity index (χ1) is 8.04. The summed E-state index contributed by atoms with van der Waals surface area (Å²) in [6.07, 6.45) is 0. The summed E-state index contributed by atoms with van der Waals surface area (Å²) >= 11 is 3.63. The molecular weight excluding hydrogens is 304 g/mol. The van der Waals surface area contributed by atoms with Gasteiger partial charge in [-0.2, -0.15) is 0 Å². The van der Waals surface area contributed by atoms with Crippen molar-refractivity contribution in [3.05, 3.63) is 28.2 Å². The van der Waals surface area contributed by atoms with Crippen molar-refractivity contribution >= 4 is 24.2 Å². The van der Waals surface area contributed by atoms with E-state index >= 15 is 0 Å². The number of rotatable bonds is 3. The van der Waals surface area contributed by atoms with Crippen LogP contribution in [-0.2, 0) is 0 Å². The predicted molar refractivity (Wildman–Crippen MR) is 86.1 cm³/mol. The second kappa shape index (κ2) is 5.38. The van der Waals surface area contributed by atoms with E-state index in [1.54, 1.807) is 0 Å². The van der Waals surface area contributed by atoms with Crippen LogP contribution in [0.4, 0.5) is 0 Å². The SMILES string of the molecule is CC(C)c1ccc(O[Si](C)(C)C(C)(C)C)c(Br)c1. The first-order valence-corrected chi connectivity index (χ1v) is 10.2. The number of benzene rings is 1. The van der Waals surface area contributed by atoms with Crippen molar-refractivity contribution < 1.29 is 4.43 Å². The average Bonchev–Trinajstić information content (AvgIpc) is 2.18. The highest BCUT2D eigenvalue weighted by atomic mass is 79.9. The molecule has 0 amide bonds. The molecule has 1 nitrogen and oxygen atoms in total. The Morgan fingerprint density at radius 3 is 2.11 bits per heavy atom. The molecule has 0 N–H and O–H groups in total. The maximum Gasteiger partial charge on any atom is 0.250 e. The van der Waals surface area contributed by atoms with Crippen molar-refractivity contribution in [1.82, 2.24) is 0 Å². The minimum absolute atomic E-state index is 0.225. The lowest BCUT2D eigenvalue weighted by molar-refractivity contribution is 0.489. The van der Waals surface area contributed by atoms with Crippen LogP contribution in [0.15, 0.2) is 22.7 Å². The van der Waals surface area contributed by atoms with Crippen molar-refractivity contribution in [2.24, 2.45) is 0 Å². The van der Waals surface area contributed by atoms with Gasteiger partial charge >= 0.3 is 0 Å². The molecule has 0 spiro atoms. The number of hydrogen-bond acceptors (Lipinski definition) is 1. The van der Waals surface area contributed by atoms with Crippen LogP contribution in [0.1, 0.15) is 46.1 Å². The molecule has 0 fully saturated rings. The summed E-state index contributed by atoms with van der Waals surface area (Å²) in [5, 5.41) is 0.225. The molecule has 0 atom stereocenters. The highest BCUT2D eigenvalue weighted by Gasteiger charge is 2.39. The van der Waals surface area contributed by atoms with Gasteiger partial charge in [0.05, 0.1) is 4.47 Å². The molecule has 0 saturated carbocycles. The second-order valence-electron chi connectivity index (χ2n) is 6.71. The van der Waals surface area contributed by atoms with E-state index in [4.69, 9.17) is 4.43 Å². The van der Waals surface area contributed by atoms with Crippen molar-refractivity contribution in [2.45, 2.75) is 58.7 Å². The molecule has 1 aromatic carbocycles. The Kier molecular flexibility index (Phi) is 4.71. The summed E-state index contributed by atoms with van der Waals surface area (Å²) in [7, 11) is -1.75. The highest BCUT2D eigenvalue weighted by molar-refractivity contribution is 9.10. The monoisotopic (exact) mass is 328 g/mol. The quantitative estimate of drug-likeness (QED) is 0.622. The fourth-order valence-corrected chi connectivity index (χ4v) is 3.05. The van der Waals surface area contributed by atoms with Crippen molar-refractivity contribution in [3.8, 4) is 5.75 Å². The Morgan fingerprint density at radius 2 is 1.72 bits per heavy atom. The summed E-state index contributed by atoms with van der Waals surface area (Å²) in [5.41, 5.74) is 1.34. The third kappa shape index (κ3) is 3.61. The molecule has 0 aromatic heterocycles. The second-order valence-corrected chi connectivity index (χ2v) is 12.3. The lowest BCUT2D eigenvalue weighted by Gasteiger charge is -2.36. The zero-order valence-electron chi connectivity index (χ0n) is 12.6. The van der Waals surface area contributed by atoms with E-state index in [1.807, 2.05) is 0 Å². The van der Waals surface area contributed by atoms with Gasteiger partial charge in [0.2, 0.25) is 0 Å². The lowest BCUT2D eigenvalue weighted by atomic mass is 10.0. The summed E-state index contributed by atoms with van der Waals surface area (Å²) in [5.74, 6) is 1.52. The molecule has 18 heavy (non-hydrogen) atoms. The largest absolute Gasteiger partial charge is 0.543 e. The molecule has 0 bridgehead atoms. The Bertz CT molecular complexity index is 419. The fraction of sp³-hybridized carbons (Fsp3) is 0.600. The maximum atomic E-state index is 6.32. The van der Waals surface area contributed by atoms with Crippen LogP contribution in [0, 0.1) is 0 Å². The van der Waals surface area contributed by atoms with E-state index in [0.717, 1.165) is 10.2 Å². The summed E-state index contributed by atoms with van der Waals surface area (Å²) in [6, 6.07) is 6.44. The van der Waals surface area contributed by atoms with Crippen molar-refractivity contribution in [3.63, 3.8) is 0 Å². The van der Waals surface area contributed by atoms with E-state index in [0.29, 0.717) is 5.92 Å². The first kappa shape index (κ1) is 15.8. The topological polar surface area (TPSA) is 9.23 Å². The van der Waals surface area contributed by atoms with Gasteiger partial charge in [-0.1, -0.05) is 40.7 Å². The van der Waals surface area contributed by atoms with Gasteiger partial charge in [0, 0.05) is 0 Å². The zero-order valence-corrected chi connectivity index (χ0v) is 15.2. The molecule has 0 aliphatic rings. The minimum atomic E-state index is -1.75. The standard InChI is InChI=1S/C15H25BrOSi/c1-11(2)12-8-9-14(13(16)10-12)17-18(6,7)15(3,4)5/h8-11H,1-7H3. The predicted octanol–water partition coefficient (Wildman–Crippen LogP) is 5.96. The Morgan fingerprint density at radius 1 is 1.17 bits per heavy atom. The number of halogens is 1. The average molecular weight is 329 g/mol. The van der Waals surface area contributed by atoms with E-state index in [1.165, 1.54) is 5.56 Å². The molecule has 0 radical (unpaired) electrons. The maximum absolute atomic E-state index is 6.32. The molecule has 102 valence electrons. The number of hydrogen-bond donors (Lipinski definition) is 0. The molecule has 0 aliphatic heterocycles. The van der Waals surface area contributed by atoms with Crippen LogP contribution in [0.25, 0.3) is 0 Å². The van der Waals surface area contributed by atoms with Crippen molar-refractivity contribution in [1.29, 1.82) is 0 Å². The third-order valence-electron chi connectivity index (χ3n) is 3.79. The molecule has 0 unspecified atom stereocenters. The van der Waals surface area contributed by atoms with Crippen LogP contribution in [-0.4, -0.2) is 8.32 Å². The highest BCUT2D eigenvalue weighted by Crippen LogP contribution is 2.39.